The van der Waals surface area contributed by atoms with Gasteiger partial charge >= 0.3 is 0 Å². The van der Waals surface area contributed by atoms with Crippen LogP contribution in [-0.4, -0.2) is 12.5 Å². The second-order valence-electron chi connectivity index (χ2n) is 5.31. The third kappa shape index (κ3) is 3.54. The van der Waals surface area contributed by atoms with Crippen LogP contribution in [0.4, 0.5) is 0 Å². The van der Waals surface area contributed by atoms with Crippen LogP contribution < -0.4 is 10.1 Å². The molecule has 0 saturated heterocycles. The lowest BCUT2D eigenvalue weighted by Gasteiger charge is -2.24. The number of halogens is 2. The fourth-order valence-corrected chi connectivity index (χ4v) is 2.92. The molecule has 0 radical (unpaired) electrons. The Balaban J connectivity index is 1.62. The molecule has 114 valence electrons. The predicted octanol–water partition coefficient (Wildman–Crippen LogP) is 3.86. The molecule has 1 atom stereocenters. The molecule has 2 aromatic rings. The van der Waals surface area contributed by atoms with Crippen LogP contribution in [0.5, 0.6) is 5.75 Å². The first-order valence-electron chi connectivity index (χ1n) is 7.05. The third-order valence-corrected chi connectivity index (χ3v) is 4.13. The summed E-state index contributed by atoms with van der Waals surface area (Å²) in [6.45, 7) is 0.842. The molecule has 0 aromatic heterocycles. The molecule has 0 unspecified atom stereocenters. The van der Waals surface area contributed by atoms with Crippen molar-refractivity contribution in [2.24, 2.45) is 5.92 Å². The number of benzene rings is 2. The zero-order chi connectivity index (χ0) is 15.5. The summed E-state index contributed by atoms with van der Waals surface area (Å²) >= 11 is 11.9. The summed E-state index contributed by atoms with van der Waals surface area (Å²) in [4.78, 5) is 12.3. The van der Waals surface area contributed by atoms with Gasteiger partial charge in [0.1, 0.15) is 12.4 Å². The molecule has 0 saturated carbocycles. The van der Waals surface area contributed by atoms with Gasteiger partial charge in [0.15, 0.2) is 0 Å². The number of hydrogen-bond donors (Lipinski definition) is 1. The van der Waals surface area contributed by atoms with Gasteiger partial charge in [-0.3, -0.25) is 4.79 Å². The lowest BCUT2D eigenvalue weighted by atomic mass is 9.96. The monoisotopic (exact) mass is 335 g/mol. The first-order chi connectivity index (χ1) is 10.6. The molecule has 3 nitrogen and oxygen atoms in total. The second-order valence-corrected chi connectivity index (χ2v) is 6.18. The minimum absolute atomic E-state index is 0.0226. The number of hydrogen-bond acceptors (Lipinski definition) is 2. The van der Waals surface area contributed by atoms with Crippen LogP contribution in [0, 0.1) is 5.92 Å². The molecule has 0 fully saturated rings. The van der Waals surface area contributed by atoms with Crippen molar-refractivity contribution < 1.29 is 9.53 Å². The number of carbonyl (C=O) groups is 1. The third-order valence-electron chi connectivity index (χ3n) is 3.66. The topological polar surface area (TPSA) is 38.3 Å². The van der Waals surface area contributed by atoms with Gasteiger partial charge in [-0.05, 0) is 47.9 Å². The van der Waals surface area contributed by atoms with Crippen molar-refractivity contribution in [3.63, 3.8) is 0 Å². The number of ether oxygens (including phenoxy) is 1. The summed E-state index contributed by atoms with van der Waals surface area (Å²) in [6.07, 6.45) is 0.636. The van der Waals surface area contributed by atoms with Gasteiger partial charge in [0, 0.05) is 16.6 Å². The fourth-order valence-electron chi connectivity index (χ4n) is 2.51. The molecule has 22 heavy (non-hydrogen) atoms. The molecule has 3 rings (SSSR count). The van der Waals surface area contributed by atoms with Crippen LogP contribution in [0.25, 0.3) is 0 Å². The fraction of sp³-hybridized carbons (Fsp3) is 0.235. The average molecular weight is 336 g/mol. The highest BCUT2D eigenvalue weighted by Crippen LogP contribution is 2.29. The second kappa shape index (κ2) is 6.59. The number of carbonyl (C=O) groups excluding carboxylic acids is 1. The largest absolute Gasteiger partial charge is 0.492 e. The molecule has 0 aliphatic carbocycles. The van der Waals surface area contributed by atoms with E-state index in [1.165, 1.54) is 0 Å². The molecule has 5 heteroatoms. The van der Waals surface area contributed by atoms with Crippen LogP contribution in [0.1, 0.15) is 11.1 Å². The van der Waals surface area contributed by atoms with Gasteiger partial charge in [-0.2, -0.15) is 0 Å². The maximum Gasteiger partial charge on any atom is 0.227 e. The Labute approximate surface area is 139 Å². The number of amides is 1. The SMILES string of the molecule is O=C(NCc1cccc(Cl)c1)[C@H]1COc2ccc(Cl)cc2C1. The lowest BCUT2D eigenvalue weighted by molar-refractivity contribution is -0.126. The zero-order valence-electron chi connectivity index (χ0n) is 11.8. The van der Waals surface area contributed by atoms with E-state index in [1.54, 1.807) is 6.07 Å². The van der Waals surface area contributed by atoms with E-state index < -0.39 is 0 Å². The van der Waals surface area contributed by atoms with Crippen LogP contribution >= 0.6 is 23.2 Å². The van der Waals surface area contributed by atoms with E-state index in [1.807, 2.05) is 36.4 Å². The van der Waals surface area contributed by atoms with E-state index in [-0.39, 0.29) is 11.8 Å². The minimum Gasteiger partial charge on any atom is -0.492 e. The number of nitrogens with one attached hydrogen (secondary N) is 1. The summed E-state index contributed by atoms with van der Waals surface area (Å²) in [7, 11) is 0. The highest BCUT2D eigenvalue weighted by atomic mass is 35.5. The van der Waals surface area contributed by atoms with Crippen LogP contribution in [0.15, 0.2) is 42.5 Å². The summed E-state index contributed by atoms with van der Waals surface area (Å²) in [5.41, 5.74) is 1.95. The van der Waals surface area contributed by atoms with E-state index in [9.17, 15) is 4.79 Å². The normalized spacial score (nSPS) is 16.5. The highest BCUT2D eigenvalue weighted by Gasteiger charge is 2.25. The van der Waals surface area contributed by atoms with Crippen molar-refractivity contribution in [3.05, 3.63) is 63.6 Å². The first-order valence-corrected chi connectivity index (χ1v) is 7.81. The Hall–Kier alpha value is -1.71. The Morgan fingerprint density at radius 1 is 1.18 bits per heavy atom. The van der Waals surface area contributed by atoms with Gasteiger partial charge in [-0.1, -0.05) is 35.3 Å². The van der Waals surface area contributed by atoms with E-state index in [2.05, 4.69) is 5.32 Å². The van der Waals surface area contributed by atoms with Gasteiger partial charge in [0.25, 0.3) is 0 Å². The summed E-state index contributed by atoms with van der Waals surface area (Å²) in [6, 6.07) is 12.9. The molecule has 1 amide bonds. The van der Waals surface area contributed by atoms with Crippen molar-refractivity contribution in [2.75, 3.05) is 6.61 Å². The van der Waals surface area contributed by atoms with E-state index >= 15 is 0 Å². The molecule has 0 spiro atoms. The molecule has 2 aromatic carbocycles. The molecule has 1 aliphatic rings. The Kier molecular flexibility index (Phi) is 4.55. The van der Waals surface area contributed by atoms with E-state index in [4.69, 9.17) is 27.9 Å². The van der Waals surface area contributed by atoms with Gasteiger partial charge < -0.3 is 10.1 Å². The van der Waals surface area contributed by atoms with E-state index in [0.717, 1.165) is 16.9 Å². The summed E-state index contributed by atoms with van der Waals surface area (Å²) < 4.78 is 5.64. The smallest absolute Gasteiger partial charge is 0.227 e. The van der Waals surface area contributed by atoms with Crippen LogP contribution in [0.2, 0.25) is 10.0 Å². The van der Waals surface area contributed by atoms with Crippen molar-refractivity contribution in [2.45, 2.75) is 13.0 Å². The van der Waals surface area contributed by atoms with Crippen molar-refractivity contribution in [3.8, 4) is 5.75 Å². The zero-order valence-corrected chi connectivity index (χ0v) is 13.3. The molecule has 1 heterocycles. The molecule has 1 N–H and O–H groups in total. The number of rotatable bonds is 3. The minimum atomic E-state index is -0.204. The molecule has 1 aliphatic heterocycles. The molecular weight excluding hydrogens is 321 g/mol. The van der Waals surface area contributed by atoms with Gasteiger partial charge in [-0.25, -0.2) is 0 Å². The van der Waals surface area contributed by atoms with E-state index in [0.29, 0.717) is 29.6 Å². The summed E-state index contributed by atoms with van der Waals surface area (Å²) in [5, 5.41) is 4.25. The highest BCUT2D eigenvalue weighted by molar-refractivity contribution is 6.30. The Morgan fingerprint density at radius 3 is 2.82 bits per heavy atom. The van der Waals surface area contributed by atoms with Gasteiger partial charge in [0.05, 0.1) is 5.92 Å². The molecular formula is C17H15Cl2NO2. The standard InChI is InChI=1S/C17H15Cl2NO2/c18-14-3-1-2-11(6-14)9-20-17(21)13-7-12-8-15(19)4-5-16(12)22-10-13/h1-6,8,13H,7,9-10H2,(H,20,21)/t13-/m1/s1. The Morgan fingerprint density at radius 2 is 2.00 bits per heavy atom. The predicted molar refractivity (Wildman–Crippen MR) is 87.4 cm³/mol. The number of fused-ring (bicyclic) bond motifs is 1. The van der Waals surface area contributed by atoms with Crippen molar-refractivity contribution in [1.82, 2.24) is 5.32 Å². The lowest BCUT2D eigenvalue weighted by Crippen LogP contribution is -2.37. The van der Waals surface area contributed by atoms with Gasteiger partial charge in [0.2, 0.25) is 5.91 Å². The van der Waals surface area contributed by atoms with Crippen molar-refractivity contribution >= 4 is 29.1 Å². The van der Waals surface area contributed by atoms with Crippen molar-refractivity contribution in [1.29, 1.82) is 0 Å². The summed E-state index contributed by atoms with van der Waals surface area (Å²) in [5.74, 6) is 0.582. The van der Waals surface area contributed by atoms with Crippen LogP contribution in [0.3, 0.4) is 0 Å². The first kappa shape index (κ1) is 15.2. The van der Waals surface area contributed by atoms with Gasteiger partial charge in [-0.15, -0.1) is 0 Å². The quantitative estimate of drug-likeness (QED) is 0.924. The molecule has 0 bridgehead atoms. The Bertz CT molecular complexity index is 703. The maximum atomic E-state index is 12.3. The maximum absolute atomic E-state index is 12.3. The average Bonchev–Trinajstić information content (AvgIpc) is 2.52. The van der Waals surface area contributed by atoms with Crippen LogP contribution in [-0.2, 0) is 17.8 Å².